The van der Waals surface area contributed by atoms with Crippen molar-refractivity contribution in [1.29, 1.82) is 0 Å². The topological polar surface area (TPSA) is 37.2 Å². The van der Waals surface area contributed by atoms with Gasteiger partial charge in [0.15, 0.2) is 0 Å². The summed E-state index contributed by atoms with van der Waals surface area (Å²) in [5.41, 5.74) is 0. The second-order valence-corrected chi connectivity index (χ2v) is 8.33. The van der Waals surface area contributed by atoms with Crippen LogP contribution in [0.2, 0.25) is 0 Å². The smallest absolute Gasteiger partial charge is 0.146 e. The Kier molecular flexibility index (Phi) is 4.70. The van der Waals surface area contributed by atoms with Crippen LogP contribution in [0.3, 0.4) is 0 Å². The Bertz CT molecular complexity index is 661. The lowest BCUT2D eigenvalue weighted by molar-refractivity contribution is 0.219. The minimum atomic E-state index is 0.634. The first kappa shape index (κ1) is 16.2. The molecular formula is C18H27N5S. The second kappa shape index (κ2) is 6.94. The van der Waals surface area contributed by atoms with Crippen LogP contribution in [0.1, 0.15) is 41.7 Å². The van der Waals surface area contributed by atoms with E-state index in [0.29, 0.717) is 12.0 Å². The van der Waals surface area contributed by atoms with E-state index in [0.717, 1.165) is 12.4 Å². The predicted molar refractivity (Wildman–Crippen MR) is 97.3 cm³/mol. The normalized spacial score (nSPS) is 21.9. The number of likely N-dealkylation sites (N-methyl/N-ethyl adjacent to an activating group) is 1. The van der Waals surface area contributed by atoms with Crippen molar-refractivity contribution < 1.29 is 0 Å². The minimum Gasteiger partial charge on any atom is -0.317 e. The SMILES string of the molecule is CN(Cc1nnc(C2CC2)n1C)[C@H]1CCN(CCc2cccs2)C1. The zero-order valence-electron chi connectivity index (χ0n) is 14.7. The predicted octanol–water partition coefficient (Wildman–Crippen LogP) is 2.50. The summed E-state index contributed by atoms with van der Waals surface area (Å²) in [6, 6.07) is 5.03. The fourth-order valence-electron chi connectivity index (χ4n) is 3.66. The molecule has 0 radical (unpaired) electrons. The summed E-state index contributed by atoms with van der Waals surface area (Å²) in [5.74, 6) is 2.96. The maximum absolute atomic E-state index is 4.44. The van der Waals surface area contributed by atoms with Gasteiger partial charge < -0.3 is 9.47 Å². The zero-order chi connectivity index (χ0) is 16.5. The fraction of sp³-hybridized carbons (Fsp3) is 0.667. The highest BCUT2D eigenvalue weighted by molar-refractivity contribution is 7.09. The molecule has 2 aromatic heterocycles. The molecule has 1 saturated heterocycles. The van der Waals surface area contributed by atoms with Gasteiger partial charge in [0, 0.05) is 37.0 Å². The third-order valence-electron chi connectivity index (χ3n) is 5.46. The molecule has 0 bridgehead atoms. The molecule has 0 N–H and O–H groups in total. The highest BCUT2D eigenvalue weighted by atomic mass is 32.1. The Labute approximate surface area is 148 Å². The molecule has 2 fully saturated rings. The maximum atomic E-state index is 4.44. The van der Waals surface area contributed by atoms with Gasteiger partial charge in [0.25, 0.3) is 0 Å². The van der Waals surface area contributed by atoms with Gasteiger partial charge in [-0.15, -0.1) is 21.5 Å². The highest BCUT2D eigenvalue weighted by Gasteiger charge is 2.30. The maximum Gasteiger partial charge on any atom is 0.146 e. The number of aromatic nitrogens is 3. The van der Waals surface area contributed by atoms with E-state index in [-0.39, 0.29) is 0 Å². The molecule has 1 aliphatic carbocycles. The summed E-state index contributed by atoms with van der Waals surface area (Å²) in [6.45, 7) is 4.47. The van der Waals surface area contributed by atoms with Crippen LogP contribution in [-0.2, 0) is 20.0 Å². The largest absolute Gasteiger partial charge is 0.317 e. The molecule has 0 spiro atoms. The quantitative estimate of drug-likeness (QED) is 0.773. The van der Waals surface area contributed by atoms with Crippen molar-refractivity contribution in [3.63, 3.8) is 0 Å². The number of hydrogen-bond acceptors (Lipinski definition) is 5. The van der Waals surface area contributed by atoms with E-state index in [1.165, 1.54) is 56.0 Å². The van der Waals surface area contributed by atoms with E-state index in [2.05, 4.69) is 56.2 Å². The molecule has 1 atom stereocenters. The minimum absolute atomic E-state index is 0.634. The fourth-order valence-corrected chi connectivity index (χ4v) is 4.36. The average Bonchev–Trinajstić information content (AvgIpc) is 3.00. The highest BCUT2D eigenvalue weighted by Crippen LogP contribution is 2.38. The standard InChI is InChI=1S/C18H27N5S/c1-21(13-17-19-20-18(22(17)2)14-5-6-14)15-7-9-23(12-15)10-8-16-4-3-11-24-16/h3-4,11,14-15H,5-10,12-13H2,1-2H3/t15-/m0/s1. The van der Waals surface area contributed by atoms with Gasteiger partial charge >= 0.3 is 0 Å². The van der Waals surface area contributed by atoms with Crippen molar-refractivity contribution in [2.45, 2.75) is 44.2 Å². The van der Waals surface area contributed by atoms with Crippen molar-refractivity contribution in [3.05, 3.63) is 34.0 Å². The van der Waals surface area contributed by atoms with E-state index < -0.39 is 0 Å². The van der Waals surface area contributed by atoms with Crippen LogP contribution in [0.15, 0.2) is 17.5 Å². The summed E-state index contributed by atoms with van der Waals surface area (Å²) in [4.78, 5) is 6.57. The molecule has 0 amide bonds. The molecule has 0 aromatic carbocycles. The third kappa shape index (κ3) is 3.55. The van der Waals surface area contributed by atoms with E-state index in [1.54, 1.807) is 0 Å². The Morgan fingerprint density at radius 1 is 1.29 bits per heavy atom. The number of nitrogens with zero attached hydrogens (tertiary/aromatic N) is 5. The van der Waals surface area contributed by atoms with Crippen molar-refractivity contribution in [2.75, 3.05) is 26.7 Å². The van der Waals surface area contributed by atoms with Crippen molar-refractivity contribution in [2.24, 2.45) is 7.05 Å². The van der Waals surface area contributed by atoms with Crippen LogP contribution in [0.5, 0.6) is 0 Å². The molecule has 5 nitrogen and oxygen atoms in total. The van der Waals surface area contributed by atoms with Gasteiger partial charge in [-0.2, -0.15) is 0 Å². The molecule has 0 unspecified atom stereocenters. The molecule has 2 aromatic rings. The average molecular weight is 346 g/mol. The van der Waals surface area contributed by atoms with Gasteiger partial charge in [0.05, 0.1) is 6.54 Å². The van der Waals surface area contributed by atoms with Crippen LogP contribution in [-0.4, -0.2) is 57.3 Å². The van der Waals surface area contributed by atoms with E-state index in [1.807, 2.05) is 11.3 Å². The first-order chi connectivity index (χ1) is 11.7. The Morgan fingerprint density at radius 2 is 2.17 bits per heavy atom. The molecule has 130 valence electrons. The van der Waals surface area contributed by atoms with Crippen LogP contribution < -0.4 is 0 Å². The van der Waals surface area contributed by atoms with Crippen molar-refractivity contribution >= 4 is 11.3 Å². The monoisotopic (exact) mass is 345 g/mol. The molecule has 1 aliphatic heterocycles. The van der Waals surface area contributed by atoms with Gasteiger partial charge in [-0.25, -0.2) is 0 Å². The first-order valence-corrected chi connectivity index (χ1v) is 9.92. The number of hydrogen-bond donors (Lipinski definition) is 0. The molecule has 1 saturated carbocycles. The van der Waals surface area contributed by atoms with E-state index in [9.17, 15) is 0 Å². The van der Waals surface area contributed by atoms with Crippen LogP contribution in [0, 0.1) is 0 Å². The lowest BCUT2D eigenvalue weighted by Gasteiger charge is -2.24. The van der Waals surface area contributed by atoms with Crippen molar-refractivity contribution in [3.8, 4) is 0 Å². The summed E-state index contributed by atoms with van der Waals surface area (Å²) in [5, 5.41) is 11.0. The second-order valence-electron chi connectivity index (χ2n) is 7.30. The summed E-state index contributed by atoms with van der Waals surface area (Å²) >= 11 is 1.87. The van der Waals surface area contributed by atoms with Crippen LogP contribution >= 0.6 is 11.3 Å². The molecule has 6 heteroatoms. The number of rotatable bonds is 7. The Balaban J connectivity index is 1.28. The Hall–Kier alpha value is -1.24. The number of likely N-dealkylation sites (tertiary alicyclic amines) is 1. The van der Waals surface area contributed by atoms with Crippen molar-refractivity contribution in [1.82, 2.24) is 24.6 Å². The van der Waals surface area contributed by atoms with Crippen LogP contribution in [0.25, 0.3) is 0 Å². The van der Waals surface area contributed by atoms with Gasteiger partial charge in [0.2, 0.25) is 0 Å². The lowest BCUT2D eigenvalue weighted by Crippen LogP contribution is -2.35. The van der Waals surface area contributed by atoms with Gasteiger partial charge in [0.1, 0.15) is 11.6 Å². The summed E-state index contributed by atoms with van der Waals surface area (Å²) < 4.78 is 2.22. The molecule has 4 rings (SSSR count). The van der Waals surface area contributed by atoms with E-state index >= 15 is 0 Å². The summed E-state index contributed by atoms with van der Waals surface area (Å²) in [7, 11) is 4.36. The summed E-state index contributed by atoms with van der Waals surface area (Å²) in [6.07, 6.45) is 5.00. The molecule has 3 heterocycles. The zero-order valence-corrected chi connectivity index (χ0v) is 15.5. The molecular weight excluding hydrogens is 318 g/mol. The van der Waals surface area contributed by atoms with Gasteiger partial charge in [-0.3, -0.25) is 4.90 Å². The Morgan fingerprint density at radius 3 is 2.92 bits per heavy atom. The lowest BCUT2D eigenvalue weighted by atomic mass is 10.2. The van der Waals surface area contributed by atoms with Gasteiger partial charge in [-0.05, 0) is 50.7 Å². The third-order valence-corrected chi connectivity index (χ3v) is 6.39. The van der Waals surface area contributed by atoms with E-state index in [4.69, 9.17) is 0 Å². The van der Waals surface area contributed by atoms with Crippen LogP contribution in [0.4, 0.5) is 0 Å². The molecule has 24 heavy (non-hydrogen) atoms. The van der Waals surface area contributed by atoms with Gasteiger partial charge in [-0.1, -0.05) is 6.07 Å². The number of thiophene rings is 1. The molecule has 2 aliphatic rings. The first-order valence-electron chi connectivity index (χ1n) is 9.04.